The van der Waals surface area contributed by atoms with Gasteiger partial charge in [0.25, 0.3) is 0 Å². The molecule has 1 N–H and O–H groups in total. The zero-order valence-corrected chi connectivity index (χ0v) is 15.8. The second-order valence-electron chi connectivity index (χ2n) is 6.81. The Morgan fingerprint density at radius 3 is 2.52 bits per heavy atom. The minimum atomic E-state index is -0.920. The predicted octanol–water partition coefficient (Wildman–Crippen LogP) is 4.31. The standard InChI is InChI=1S/C21H18F2N2O4/c1-27-16-6-3-12(9-18(16)28-2)17-11-19(25-29-17)21(7-8-21)20(26)24-15-10-13(22)4-5-14(15)23/h3-6,9-11H,7-8H2,1-2H3,(H,24,26). The molecule has 0 saturated heterocycles. The number of amides is 1. The largest absolute Gasteiger partial charge is 0.493 e. The van der Waals surface area contributed by atoms with Gasteiger partial charge in [-0.25, -0.2) is 8.78 Å². The van der Waals surface area contributed by atoms with Crippen molar-refractivity contribution in [2.75, 3.05) is 19.5 Å². The van der Waals surface area contributed by atoms with E-state index in [9.17, 15) is 13.6 Å². The molecule has 1 aliphatic carbocycles. The van der Waals surface area contributed by atoms with E-state index in [4.69, 9.17) is 14.0 Å². The zero-order valence-electron chi connectivity index (χ0n) is 15.8. The Morgan fingerprint density at radius 1 is 1.07 bits per heavy atom. The van der Waals surface area contributed by atoms with E-state index in [1.54, 1.807) is 31.4 Å². The summed E-state index contributed by atoms with van der Waals surface area (Å²) in [6.45, 7) is 0. The molecule has 1 amide bonds. The van der Waals surface area contributed by atoms with Crippen LogP contribution in [0, 0.1) is 11.6 Å². The molecule has 0 aliphatic heterocycles. The van der Waals surface area contributed by atoms with Crippen LogP contribution in [0.3, 0.4) is 0 Å². The summed E-state index contributed by atoms with van der Waals surface area (Å²) < 4.78 is 43.2. The average molecular weight is 400 g/mol. The molecule has 4 rings (SSSR count). The number of ether oxygens (including phenoxy) is 2. The van der Waals surface area contributed by atoms with Crippen LogP contribution in [0.15, 0.2) is 47.0 Å². The Labute approximate surface area is 165 Å². The van der Waals surface area contributed by atoms with Crippen molar-refractivity contribution >= 4 is 11.6 Å². The van der Waals surface area contributed by atoms with Crippen molar-refractivity contribution < 1.29 is 27.6 Å². The SMILES string of the molecule is COc1ccc(-c2cc(C3(C(=O)Nc4cc(F)ccc4F)CC3)no2)cc1OC. The van der Waals surface area contributed by atoms with Crippen molar-refractivity contribution in [3.63, 3.8) is 0 Å². The molecule has 0 atom stereocenters. The lowest BCUT2D eigenvalue weighted by molar-refractivity contribution is -0.118. The van der Waals surface area contributed by atoms with Crippen molar-refractivity contribution in [3.05, 3.63) is 59.8 Å². The molecule has 0 spiro atoms. The van der Waals surface area contributed by atoms with Gasteiger partial charge < -0.3 is 19.3 Å². The minimum Gasteiger partial charge on any atom is -0.493 e. The van der Waals surface area contributed by atoms with Crippen molar-refractivity contribution in [1.29, 1.82) is 0 Å². The molecule has 0 unspecified atom stereocenters. The van der Waals surface area contributed by atoms with Crippen molar-refractivity contribution in [1.82, 2.24) is 5.16 Å². The van der Waals surface area contributed by atoms with Crippen LogP contribution in [-0.2, 0) is 10.2 Å². The molecule has 1 saturated carbocycles. The summed E-state index contributed by atoms with van der Waals surface area (Å²) in [7, 11) is 3.07. The number of carbonyl (C=O) groups excluding carboxylic acids is 1. The third-order valence-corrected chi connectivity index (χ3v) is 5.03. The molecule has 2 aromatic carbocycles. The summed E-state index contributed by atoms with van der Waals surface area (Å²) >= 11 is 0. The van der Waals surface area contributed by atoms with Gasteiger partial charge in [0.2, 0.25) is 5.91 Å². The van der Waals surface area contributed by atoms with Crippen LogP contribution in [0.1, 0.15) is 18.5 Å². The number of anilines is 1. The number of hydrogen-bond acceptors (Lipinski definition) is 5. The Morgan fingerprint density at radius 2 is 1.83 bits per heavy atom. The lowest BCUT2D eigenvalue weighted by atomic mass is 10.00. The normalized spacial score (nSPS) is 14.3. The number of carbonyl (C=O) groups is 1. The van der Waals surface area contributed by atoms with Crippen LogP contribution in [-0.4, -0.2) is 25.3 Å². The Hall–Kier alpha value is -3.42. The van der Waals surface area contributed by atoms with E-state index in [2.05, 4.69) is 10.5 Å². The molecule has 3 aromatic rings. The first-order valence-electron chi connectivity index (χ1n) is 8.93. The molecule has 29 heavy (non-hydrogen) atoms. The molecule has 8 heteroatoms. The van der Waals surface area contributed by atoms with Crippen LogP contribution < -0.4 is 14.8 Å². The first-order chi connectivity index (χ1) is 14.0. The Bertz CT molecular complexity index is 1080. The summed E-state index contributed by atoms with van der Waals surface area (Å²) in [6.07, 6.45) is 1.07. The molecule has 1 aliphatic rings. The van der Waals surface area contributed by atoms with Gasteiger partial charge in [-0.15, -0.1) is 0 Å². The summed E-state index contributed by atoms with van der Waals surface area (Å²) in [6, 6.07) is 9.85. The quantitative estimate of drug-likeness (QED) is 0.668. The maximum absolute atomic E-state index is 13.9. The highest BCUT2D eigenvalue weighted by molar-refractivity contribution is 6.01. The second-order valence-corrected chi connectivity index (χ2v) is 6.81. The fourth-order valence-corrected chi connectivity index (χ4v) is 3.19. The number of hydrogen-bond donors (Lipinski definition) is 1. The third-order valence-electron chi connectivity index (χ3n) is 5.03. The number of benzene rings is 2. The second kappa shape index (κ2) is 7.20. The first kappa shape index (κ1) is 18.9. The number of nitrogens with zero attached hydrogens (tertiary/aromatic N) is 1. The predicted molar refractivity (Wildman–Crippen MR) is 101 cm³/mol. The summed E-state index contributed by atoms with van der Waals surface area (Å²) in [4.78, 5) is 12.8. The molecular formula is C21H18F2N2O4. The monoisotopic (exact) mass is 400 g/mol. The fourth-order valence-electron chi connectivity index (χ4n) is 3.19. The zero-order chi connectivity index (χ0) is 20.6. The fraction of sp³-hybridized carbons (Fsp3) is 0.238. The van der Waals surface area contributed by atoms with Crippen LogP contribution in [0.4, 0.5) is 14.5 Å². The number of rotatable bonds is 6. The summed E-state index contributed by atoms with van der Waals surface area (Å²) in [5, 5.41) is 6.51. The molecular weight excluding hydrogens is 382 g/mol. The van der Waals surface area contributed by atoms with Gasteiger partial charge in [-0.2, -0.15) is 0 Å². The average Bonchev–Trinajstić information content (AvgIpc) is 3.40. The lowest BCUT2D eigenvalue weighted by Crippen LogP contribution is -2.28. The van der Waals surface area contributed by atoms with Crippen LogP contribution in [0.2, 0.25) is 0 Å². The maximum Gasteiger partial charge on any atom is 0.236 e. The Kier molecular flexibility index (Phi) is 4.70. The van der Waals surface area contributed by atoms with Crippen LogP contribution >= 0.6 is 0 Å². The highest BCUT2D eigenvalue weighted by atomic mass is 19.1. The molecule has 0 radical (unpaired) electrons. The highest BCUT2D eigenvalue weighted by Gasteiger charge is 2.54. The highest BCUT2D eigenvalue weighted by Crippen LogP contribution is 2.49. The van der Waals surface area contributed by atoms with Crippen molar-refractivity contribution in [2.24, 2.45) is 0 Å². The van der Waals surface area contributed by atoms with Crippen molar-refractivity contribution in [2.45, 2.75) is 18.3 Å². The van der Waals surface area contributed by atoms with Gasteiger partial charge in [0.15, 0.2) is 17.3 Å². The number of methoxy groups -OCH3 is 2. The number of aromatic nitrogens is 1. The number of nitrogens with one attached hydrogen (secondary N) is 1. The maximum atomic E-state index is 13.9. The van der Waals surface area contributed by atoms with Crippen molar-refractivity contribution in [3.8, 4) is 22.8 Å². The molecule has 1 heterocycles. The van der Waals surface area contributed by atoms with E-state index in [-0.39, 0.29) is 5.69 Å². The van der Waals surface area contributed by atoms with Crippen LogP contribution in [0.5, 0.6) is 11.5 Å². The summed E-state index contributed by atoms with van der Waals surface area (Å²) in [5.74, 6) is -0.230. The number of halogens is 2. The van der Waals surface area contributed by atoms with E-state index in [1.807, 2.05) is 0 Å². The van der Waals surface area contributed by atoms with Gasteiger partial charge in [0.05, 0.1) is 31.0 Å². The minimum absolute atomic E-state index is 0.204. The molecule has 150 valence electrons. The topological polar surface area (TPSA) is 73.6 Å². The van der Waals surface area contributed by atoms with Gasteiger partial charge in [0, 0.05) is 17.7 Å². The van der Waals surface area contributed by atoms with E-state index in [1.165, 1.54) is 7.11 Å². The Balaban J connectivity index is 1.59. The van der Waals surface area contributed by atoms with E-state index in [0.29, 0.717) is 41.4 Å². The van der Waals surface area contributed by atoms with Gasteiger partial charge in [0.1, 0.15) is 11.6 Å². The van der Waals surface area contributed by atoms with Crippen LogP contribution in [0.25, 0.3) is 11.3 Å². The van der Waals surface area contributed by atoms with Gasteiger partial charge in [-0.05, 0) is 43.2 Å². The van der Waals surface area contributed by atoms with E-state index in [0.717, 1.165) is 18.2 Å². The molecule has 6 nitrogen and oxygen atoms in total. The van der Waals surface area contributed by atoms with Gasteiger partial charge in [-0.1, -0.05) is 5.16 Å². The summed E-state index contributed by atoms with van der Waals surface area (Å²) in [5.41, 5.74) is 0.0205. The lowest BCUT2D eigenvalue weighted by Gasteiger charge is -2.13. The third kappa shape index (κ3) is 3.41. The smallest absolute Gasteiger partial charge is 0.236 e. The first-order valence-corrected chi connectivity index (χ1v) is 8.93. The molecule has 0 bridgehead atoms. The van der Waals surface area contributed by atoms with E-state index >= 15 is 0 Å². The molecule has 1 fully saturated rings. The van der Waals surface area contributed by atoms with Gasteiger partial charge >= 0.3 is 0 Å². The van der Waals surface area contributed by atoms with E-state index < -0.39 is 23.0 Å². The molecule has 1 aromatic heterocycles. The van der Waals surface area contributed by atoms with Gasteiger partial charge in [-0.3, -0.25) is 4.79 Å².